The van der Waals surface area contributed by atoms with Crippen molar-refractivity contribution in [2.45, 2.75) is 0 Å². The minimum absolute atomic E-state index is 0.0940. The van der Waals surface area contributed by atoms with Crippen LogP contribution in [0.1, 0.15) is 0 Å². The van der Waals surface area contributed by atoms with E-state index in [0.29, 0.717) is 0 Å². The second-order valence-corrected chi connectivity index (χ2v) is 5.29. The fraction of sp³-hybridized carbons (Fsp3) is 0. The molecule has 84 valence electrons. The predicted molar refractivity (Wildman–Crippen MR) is 73.4 cm³/mol. The molecule has 1 aromatic carbocycles. The van der Waals surface area contributed by atoms with Gasteiger partial charge in [-0.2, -0.15) is 4.37 Å². The summed E-state index contributed by atoms with van der Waals surface area (Å²) in [7, 11) is 0. The SMILES string of the molecule is O=c1ccc2c(-c3ccc(Br)cc3)nsc2[nH]1. The van der Waals surface area contributed by atoms with Crippen molar-refractivity contribution in [3.63, 3.8) is 0 Å². The van der Waals surface area contributed by atoms with Gasteiger partial charge in [0.25, 0.3) is 0 Å². The van der Waals surface area contributed by atoms with E-state index in [4.69, 9.17) is 0 Å². The van der Waals surface area contributed by atoms with E-state index in [1.54, 1.807) is 0 Å². The van der Waals surface area contributed by atoms with E-state index < -0.39 is 0 Å². The normalized spacial score (nSPS) is 10.9. The van der Waals surface area contributed by atoms with Crippen LogP contribution in [-0.2, 0) is 0 Å². The van der Waals surface area contributed by atoms with Crippen LogP contribution in [0.3, 0.4) is 0 Å². The molecule has 3 rings (SSSR count). The van der Waals surface area contributed by atoms with Crippen LogP contribution in [0.4, 0.5) is 0 Å². The Kier molecular flexibility index (Phi) is 2.57. The molecule has 2 aromatic heterocycles. The molecular weight excluding hydrogens is 300 g/mol. The largest absolute Gasteiger partial charge is 0.312 e. The highest BCUT2D eigenvalue weighted by Gasteiger charge is 2.08. The van der Waals surface area contributed by atoms with Gasteiger partial charge in [0.05, 0.1) is 5.69 Å². The van der Waals surface area contributed by atoms with Crippen molar-refractivity contribution in [1.82, 2.24) is 9.36 Å². The molecule has 0 bridgehead atoms. The van der Waals surface area contributed by atoms with Crippen molar-refractivity contribution in [1.29, 1.82) is 0 Å². The number of benzene rings is 1. The molecule has 3 nitrogen and oxygen atoms in total. The third kappa shape index (κ3) is 1.92. The van der Waals surface area contributed by atoms with Gasteiger partial charge in [-0.25, -0.2) is 0 Å². The van der Waals surface area contributed by atoms with Gasteiger partial charge in [0.15, 0.2) is 0 Å². The van der Waals surface area contributed by atoms with E-state index >= 15 is 0 Å². The lowest BCUT2D eigenvalue weighted by Crippen LogP contribution is -2.00. The Labute approximate surface area is 109 Å². The number of aromatic nitrogens is 2. The molecule has 0 aliphatic heterocycles. The topological polar surface area (TPSA) is 45.8 Å². The Balaban J connectivity index is 2.24. The number of nitrogens with zero attached hydrogens (tertiary/aromatic N) is 1. The molecular formula is C12H7BrN2OS. The number of fused-ring (bicyclic) bond motifs is 1. The van der Waals surface area contributed by atoms with Crippen molar-refractivity contribution in [2.75, 3.05) is 0 Å². The lowest BCUT2D eigenvalue weighted by Gasteiger charge is -1.97. The molecule has 0 spiro atoms. The summed E-state index contributed by atoms with van der Waals surface area (Å²) < 4.78 is 5.43. The first-order chi connectivity index (χ1) is 8.24. The van der Waals surface area contributed by atoms with Crippen LogP contribution >= 0.6 is 27.5 Å². The van der Waals surface area contributed by atoms with Crippen LogP contribution in [0.15, 0.2) is 45.7 Å². The van der Waals surface area contributed by atoms with Gasteiger partial charge in [0.2, 0.25) is 5.56 Å². The molecule has 0 saturated carbocycles. The van der Waals surface area contributed by atoms with Crippen LogP contribution < -0.4 is 5.56 Å². The number of hydrogen-bond acceptors (Lipinski definition) is 3. The fourth-order valence-corrected chi connectivity index (χ4v) is 2.73. The number of pyridine rings is 1. The van der Waals surface area contributed by atoms with Crippen LogP contribution in [0.25, 0.3) is 21.5 Å². The molecule has 0 fully saturated rings. The minimum Gasteiger partial charge on any atom is -0.312 e. The first-order valence-electron chi connectivity index (χ1n) is 4.99. The van der Waals surface area contributed by atoms with Crippen LogP contribution in [0, 0.1) is 0 Å². The molecule has 0 atom stereocenters. The van der Waals surface area contributed by atoms with Crippen LogP contribution in [0.2, 0.25) is 0 Å². The van der Waals surface area contributed by atoms with Gasteiger partial charge in [0.1, 0.15) is 4.83 Å². The third-order valence-electron chi connectivity index (χ3n) is 2.48. The zero-order chi connectivity index (χ0) is 11.8. The van der Waals surface area contributed by atoms with Crippen molar-refractivity contribution in [3.8, 4) is 11.3 Å². The Hall–Kier alpha value is -1.46. The summed E-state index contributed by atoms with van der Waals surface area (Å²) in [5.41, 5.74) is 1.86. The monoisotopic (exact) mass is 306 g/mol. The highest BCUT2D eigenvalue weighted by molar-refractivity contribution is 9.10. The van der Waals surface area contributed by atoms with Gasteiger partial charge in [-0.05, 0) is 29.7 Å². The first kappa shape index (κ1) is 10.7. The molecule has 0 aliphatic rings. The molecule has 0 amide bonds. The Morgan fingerprint density at radius 3 is 2.65 bits per heavy atom. The fourth-order valence-electron chi connectivity index (χ4n) is 1.67. The van der Waals surface area contributed by atoms with E-state index in [1.165, 1.54) is 17.6 Å². The summed E-state index contributed by atoms with van der Waals surface area (Å²) in [4.78, 5) is 14.8. The predicted octanol–water partition coefficient (Wildman–Crippen LogP) is 3.41. The summed E-state index contributed by atoms with van der Waals surface area (Å²) in [6.07, 6.45) is 0. The van der Waals surface area contributed by atoms with Crippen molar-refractivity contribution in [3.05, 3.63) is 51.2 Å². The van der Waals surface area contributed by atoms with Gasteiger partial charge < -0.3 is 4.98 Å². The van der Waals surface area contributed by atoms with E-state index in [-0.39, 0.29) is 5.56 Å². The van der Waals surface area contributed by atoms with E-state index in [1.807, 2.05) is 30.3 Å². The zero-order valence-electron chi connectivity index (χ0n) is 8.61. The molecule has 2 heterocycles. The molecule has 3 aromatic rings. The quantitative estimate of drug-likeness (QED) is 0.749. The average Bonchev–Trinajstić information content (AvgIpc) is 2.73. The summed E-state index contributed by atoms with van der Waals surface area (Å²) in [6, 6.07) is 11.3. The van der Waals surface area contributed by atoms with Gasteiger partial charge in [0, 0.05) is 21.5 Å². The second-order valence-electron chi connectivity index (χ2n) is 3.60. The summed E-state index contributed by atoms with van der Waals surface area (Å²) >= 11 is 4.71. The molecule has 0 aliphatic carbocycles. The van der Waals surface area contributed by atoms with E-state index in [0.717, 1.165) is 25.9 Å². The number of nitrogens with one attached hydrogen (secondary N) is 1. The van der Waals surface area contributed by atoms with E-state index in [2.05, 4.69) is 25.3 Å². The number of aromatic amines is 1. The summed E-state index contributed by atoms with van der Waals surface area (Å²) in [6.45, 7) is 0. The molecule has 5 heteroatoms. The molecule has 0 saturated heterocycles. The Morgan fingerprint density at radius 1 is 1.12 bits per heavy atom. The van der Waals surface area contributed by atoms with E-state index in [9.17, 15) is 4.79 Å². The zero-order valence-corrected chi connectivity index (χ0v) is 11.0. The van der Waals surface area contributed by atoms with Crippen molar-refractivity contribution >= 4 is 37.7 Å². The lowest BCUT2D eigenvalue weighted by molar-refractivity contribution is 1.33. The van der Waals surface area contributed by atoms with Gasteiger partial charge >= 0.3 is 0 Å². The standard InChI is InChI=1S/C12H7BrN2OS/c13-8-3-1-7(2-4-8)11-9-5-6-10(16)14-12(9)17-15-11/h1-6H,(H,14,16). The van der Waals surface area contributed by atoms with Crippen LogP contribution in [0.5, 0.6) is 0 Å². The molecule has 17 heavy (non-hydrogen) atoms. The van der Waals surface area contributed by atoms with Crippen molar-refractivity contribution in [2.24, 2.45) is 0 Å². The maximum Gasteiger partial charge on any atom is 0.249 e. The molecule has 0 unspecified atom stereocenters. The van der Waals surface area contributed by atoms with Gasteiger partial charge in [-0.1, -0.05) is 28.1 Å². The Morgan fingerprint density at radius 2 is 1.88 bits per heavy atom. The number of hydrogen-bond donors (Lipinski definition) is 1. The second kappa shape index (κ2) is 4.09. The Bertz CT molecular complexity index is 730. The smallest absolute Gasteiger partial charge is 0.249 e. The highest BCUT2D eigenvalue weighted by atomic mass is 79.9. The maximum atomic E-state index is 11.2. The van der Waals surface area contributed by atoms with Gasteiger partial charge in [-0.15, -0.1) is 0 Å². The maximum absolute atomic E-state index is 11.2. The number of H-pyrrole nitrogens is 1. The van der Waals surface area contributed by atoms with Crippen LogP contribution in [-0.4, -0.2) is 9.36 Å². The summed E-state index contributed by atoms with van der Waals surface area (Å²) in [5, 5.41) is 0.983. The van der Waals surface area contributed by atoms with Gasteiger partial charge in [-0.3, -0.25) is 4.79 Å². The molecule has 0 radical (unpaired) electrons. The van der Waals surface area contributed by atoms with Crippen molar-refractivity contribution < 1.29 is 0 Å². The lowest BCUT2D eigenvalue weighted by atomic mass is 10.1. The summed E-state index contributed by atoms with van der Waals surface area (Å²) in [5.74, 6) is 0. The minimum atomic E-state index is -0.0940. The number of rotatable bonds is 1. The molecule has 1 N–H and O–H groups in total. The highest BCUT2D eigenvalue weighted by Crippen LogP contribution is 2.29. The first-order valence-corrected chi connectivity index (χ1v) is 6.55. The number of halogens is 1. The average molecular weight is 307 g/mol. The third-order valence-corrected chi connectivity index (χ3v) is 3.79.